The molecule has 1 atom stereocenters. The average molecular weight is 647 g/mol. The predicted octanol–water partition coefficient (Wildman–Crippen LogP) is 10.2. The lowest BCUT2D eigenvalue weighted by molar-refractivity contribution is 0.0511. The van der Waals surface area contributed by atoms with Gasteiger partial charge < -0.3 is 24.7 Å². The van der Waals surface area contributed by atoms with Crippen LogP contribution in [0.3, 0.4) is 0 Å². The van der Waals surface area contributed by atoms with Crippen LogP contribution in [0.1, 0.15) is 123 Å². The molecule has 0 amide bonds. The van der Waals surface area contributed by atoms with E-state index in [1.807, 2.05) is 29.7 Å². The zero-order valence-corrected chi connectivity index (χ0v) is 29.3. The van der Waals surface area contributed by atoms with Crippen molar-refractivity contribution >= 4 is 29.1 Å². The highest BCUT2D eigenvalue weighted by molar-refractivity contribution is 5.84. The van der Waals surface area contributed by atoms with Crippen LogP contribution in [0.15, 0.2) is 61.0 Å². The Kier molecular flexibility index (Phi) is 18.1. The molecule has 0 spiro atoms. The van der Waals surface area contributed by atoms with Gasteiger partial charge in [-0.2, -0.15) is 9.97 Å². The van der Waals surface area contributed by atoms with Crippen molar-refractivity contribution in [3.05, 3.63) is 66.5 Å². The smallest absolute Gasteiger partial charge is 0.434 e. The van der Waals surface area contributed by atoms with Crippen molar-refractivity contribution in [1.82, 2.24) is 19.5 Å². The fourth-order valence-electron chi connectivity index (χ4n) is 5.16. The molecule has 258 valence electrons. The van der Waals surface area contributed by atoms with Crippen LogP contribution >= 0.6 is 0 Å². The number of unbranched alkanes of at least 4 members (excludes halogenated alkanes) is 9. The number of nitrogens with one attached hydrogen (secondary N) is 2. The number of anilines is 2. The SMILES string of the molecule is CCCCCC=CCC=CCCCCCCCCOC(=O)OC[C@@H](CC)Nc1nc(NCc2ccccc2)c2ncn(C(C)C)c2n1. The first-order valence-electron chi connectivity index (χ1n) is 17.9. The van der Waals surface area contributed by atoms with Crippen molar-refractivity contribution in [3.63, 3.8) is 0 Å². The van der Waals surface area contributed by atoms with Gasteiger partial charge >= 0.3 is 6.16 Å². The Balaban J connectivity index is 1.32. The molecule has 0 unspecified atom stereocenters. The minimum atomic E-state index is -0.632. The lowest BCUT2D eigenvalue weighted by Gasteiger charge is -2.18. The summed E-state index contributed by atoms with van der Waals surface area (Å²) in [7, 11) is 0. The van der Waals surface area contributed by atoms with Crippen molar-refractivity contribution in [2.75, 3.05) is 23.8 Å². The van der Waals surface area contributed by atoms with Crippen LogP contribution in [0.4, 0.5) is 16.6 Å². The van der Waals surface area contributed by atoms with E-state index in [1.54, 1.807) is 6.33 Å². The third-order valence-electron chi connectivity index (χ3n) is 8.07. The molecule has 1 aromatic carbocycles. The Morgan fingerprint density at radius 3 is 2.28 bits per heavy atom. The number of carbonyl (C=O) groups excluding carboxylic acids is 1. The number of fused-ring (bicyclic) bond motifs is 1. The normalized spacial score (nSPS) is 12.4. The molecule has 2 aromatic heterocycles. The van der Waals surface area contributed by atoms with E-state index in [0.29, 0.717) is 24.9 Å². The quantitative estimate of drug-likeness (QED) is 0.0563. The van der Waals surface area contributed by atoms with Gasteiger partial charge in [0.05, 0.1) is 19.0 Å². The van der Waals surface area contributed by atoms with Crippen LogP contribution in [0.25, 0.3) is 11.2 Å². The highest BCUT2D eigenvalue weighted by Gasteiger charge is 2.18. The maximum atomic E-state index is 12.3. The molecule has 0 aliphatic rings. The van der Waals surface area contributed by atoms with Gasteiger partial charge in [0.15, 0.2) is 17.0 Å². The van der Waals surface area contributed by atoms with Crippen LogP contribution in [-0.4, -0.2) is 44.9 Å². The average Bonchev–Trinajstić information content (AvgIpc) is 3.52. The first kappa shape index (κ1) is 37.6. The highest BCUT2D eigenvalue weighted by Crippen LogP contribution is 2.24. The summed E-state index contributed by atoms with van der Waals surface area (Å²) in [6.45, 7) is 9.62. The molecule has 0 aliphatic heterocycles. The topological polar surface area (TPSA) is 103 Å². The summed E-state index contributed by atoms with van der Waals surface area (Å²) in [6, 6.07) is 10.2. The Morgan fingerprint density at radius 1 is 0.872 bits per heavy atom. The Bertz CT molecular complexity index is 1340. The number of benzene rings is 1. The predicted molar refractivity (Wildman–Crippen MR) is 194 cm³/mol. The van der Waals surface area contributed by atoms with Gasteiger partial charge in [0.1, 0.15) is 6.61 Å². The van der Waals surface area contributed by atoms with Gasteiger partial charge in [-0.05, 0) is 64.4 Å². The van der Waals surface area contributed by atoms with E-state index >= 15 is 0 Å². The summed E-state index contributed by atoms with van der Waals surface area (Å²) in [6.07, 6.45) is 25.2. The molecule has 0 aliphatic carbocycles. The van der Waals surface area contributed by atoms with E-state index < -0.39 is 6.16 Å². The fraction of sp³-hybridized carbons (Fsp3) is 0.579. The molecule has 47 heavy (non-hydrogen) atoms. The summed E-state index contributed by atoms with van der Waals surface area (Å²) < 4.78 is 12.8. The molecule has 9 nitrogen and oxygen atoms in total. The number of hydrogen-bond acceptors (Lipinski definition) is 8. The van der Waals surface area contributed by atoms with Gasteiger partial charge in [0, 0.05) is 12.6 Å². The maximum absolute atomic E-state index is 12.3. The molecular formula is C38H58N6O3. The summed E-state index contributed by atoms with van der Waals surface area (Å²) in [5.74, 6) is 1.12. The highest BCUT2D eigenvalue weighted by atomic mass is 16.7. The molecule has 0 saturated carbocycles. The van der Waals surface area contributed by atoms with Gasteiger partial charge in [-0.15, -0.1) is 0 Å². The van der Waals surface area contributed by atoms with E-state index in [1.165, 1.54) is 44.9 Å². The lowest BCUT2D eigenvalue weighted by atomic mass is 10.1. The number of ether oxygens (including phenoxy) is 2. The largest absolute Gasteiger partial charge is 0.508 e. The standard InChI is InChI=1S/C38H58N6O3/c1-5-7-8-9-10-11-12-13-14-15-16-17-18-19-20-24-27-46-38(45)47-29-33(6-2)41-37-42-35(39-28-32-25-22-21-23-26-32)34-36(43-37)44(30-40-34)31(3)4/h10-11,13-14,21-23,25-26,30-31,33H,5-9,12,15-20,24,27-29H2,1-4H3,(H2,39,41,42,43)/t33-/m1/s1. The summed E-state index contributed by atoms with van der Waals surface area (Å²) in [5.41, 5.74) is 2.61. The van der Waals surface area contributed by atoms with Crippen molar-refractivity contribution in [1.29, 1.82) is 0 Å². The van der Waals surface area contributed by atoms with Gasteiger partial charge in [0.2, 0.25) is 5.95 Å². The number of allylic oxidation sites excluding steroid dienone is 4. The zero-order valence-electron chi connectivity index (χ0n) is 29.3. The van der Waals surface area contributed by atoms with Crippen LogP contribution in [-0.2, 0) is 16.0 Å². The van der Waals surface area contributed by atoms with Crippen LogP contribution in [0.2, 0.25) is 0 Å². The van der Waals surface area contributed by atoms with Crippen LogP contribution in [0, 0.1) is 0 Å². The second-order valence-corrected chi connectivity index (χ2v) is 12.4. The second-order valence-electron chi connectivity index (χ2n) is 12.4. The van der Waals surface area contributed by atoms with Crippen molar-refractivity contribution in [3.8, 4) is 0 Å². The van der Waals surface area contributed by atoms with Gasteiger partial charge in [0.25, 0.3) is 0 Å². The first-order valence-corrected chi connectivity index (χ1v) is 17.9. The van der Waals surface area contributed by atoms with Crippen LogP contribution < -0.4 is 10.6 Å². The van der Waals surface area contributed by atoms with Crippen molar-refractivity contribution in [2.45, 2.75) is 130 Å². The van der Waals surface area contributed by atoms with Crippen molar-refractivity contribution in [2.24, 2.45) is 0 Å². The van der Waals surface area contributed by atoms with E-state index in [0.717, 1.165) is 55.3 Å². The number of rotatable bonds is 24. The summed E-state index contributed by atoms with van der Waals surface area (Å²) >= 11 is 0. The van der Waals surface area contributed by atoms with Gasteiger partial charge in [-0.3, -0.25) is 0 Å². The number of aromatic nitrogens is 4. The summed E-state index contributed by atoms with van der Waals surface area (Å²) in [5, 5.41) is 6.78. The van der Waals surface area contributed by atoms with E-state index in [4.69, 9.17) is 19.4 Å². The molecule has 0 bridgehead atoms. The molecule has 2 N–H and O–H groups in total. The Labute approximate surface area is 282 Å². The number of hydrogen-bond donors (Lipinski definition) is 2. The number of nitrogens with zero attached hydrogens (tertiary/aromatic N) is 4. The van der Waals surface area contributed by atoms with E-state index in [2.05, 4.69) is 72.8 Å². The van der Waals surface area contributed by atoms with Crippen molar-refractivity contribution < 1.29 is 14.3 Å². The van der Waals surface area contributed by atoms with Crippen LogP contribution in [0.5, 0.6) is 0 Å². The Hall–Kier alpha value is -3.88. The second kappa shape index (κ2) is 22.6. The minimum absolute atomic E-state index is 0.163. The minimum Gasteiger partial charge on any atom is -0.434 e. The lowest BCUT2D eigenvalue weighted by Crippen LogP contribution is -2.28. The number of imidazole rings is 1. The Morgan fingerprint density at radius 2 is 1.57 bits per heavy atom. The molecule has 2 heterocycles. The molecule has 3 aromatic rings. The molecule has 0 radical (unpaired) electrons. The van der Waals surface area contributed by atoms with Gasteiger partial charge in [-0.25, -0.2) is 9.78 Å². The third-order valence-corrected chi connectivity index (χ3v) is 8.07. The maximum Gasteiger partial charge on any atom is 0.508 e. The molecular weight excluding hydrogens is 588 g/mol. The number of carbonyl (C=O) groups is 1. The molecule has 0 fully saturated rings. The summed E-state index contributed by atoms with van der Waals surface area (Å²) in [4.78, 5) is 26.4. The molecule has 9 heteroatoms. The zero-order chi connectivity index (χ0) is 33.5. The van der Waals surface area contributed by atoms with E-state index in [9.17, 15) is 4.79 Å². The molecule has 0 saturated heterocycles. The fourth-order valence-corrected chi connectivity index (χ4v) is 5.16. The monoisotopic (exact) mass is 646 g/mol. The third kappa shape index (κ3) is 14.6. The van der Waals surface area contributed by atoms with E-state index in [-0.39, 0.29) is 18.7 Å². The first-order chi connectivity index (χ1) is 23.0. The molecule has 3 rings (SSSR count). The van der Waals surface area contributed by atoms with Gasteiger partial charge in [-0.1, -0.05) is 107 Å².